The molecule has 2 aromatic rings. The largest absolute Gasteiger partial charge is 0.239 e. The van der Waals surface area contributed by atoms with Crippen LogP contribution >= 0.6 is 27.5 Å². The predicted octanol–water partition coefficient (Wildman–Crippen LogP) is 7.23. The van der Waals surface area contributed by atoms with Crippen molar-refractivity contribution in [3.05, 3.63) is 63.1 Å². The highest BCUT2D eigenvalue weighted by molar-refractivity contribution is 9.10. The molecule has 0 unspecified atom stereocenters. The second-order valence-electron chi connectivity index (χ2n) is 7.27. The van der Waals surface area contributed by atoms with Crippen molar-refractivity contribution in [2.24, 2.45) is 4.99 Å². The monoisotopic (exact) mass is 431 g/mol. The number of benzene rings is 2. The van der Waals surface area contributed by atoms with Crippen molar-refractivity contribution in [2.45, 2.75) is 39.4 Å². The molecule has 0 aliphatic heterocycles. The van der Waals surface area contributed by atoms with E-state index in [0.29, 0.717) is 16.7 Å². The summed E-state index contributed by atoms with van der Waals surface area (Å²) in [7, 11) is -1.54. The van der Waals surface area contributed by atoms with Crippen molar-refractivity contribution in [3.8, 4) is 11.5 Å². The van der Waals surface area contributed by atoms with E-state index in [-0.39, 0.29) is 0 Å². The molecule has 25 heavy (non-hydrogen) atoms. The van der Waals surface area contributed by atoms with Crippen LogP contribution in [0.3, 0.4) is 0 Å². The first-order valence-corrected chi connectivity index (χ1v) is 13.0. The molecule has 0 aliphatic rings. The topological polar surface area (TPSA) is 12.4 Å². The molecule has 130 valence electrons. The standard InChI is InChI=1S/C21H23BrClNSi/c1-15(2)16-9-6-7-12-19(16)24-20(13-14-25(3,4)5)21-17(22)10-8-11-18(21)23/h6-12,15H,1-5H3. The molecule has 2 rings (SSSR count). The summed E-state index contributed by atoms with van der Waals surface area (Å²) in [6, 6.07) is 14.0. The normalized spacial score (nSPS) is 12.1. The van der Waals surface area contributed by atoms with Gasteiger partial charge < -0.3 is 0 Å². The van der Waals surface area contributed by atoms with E-state index in [1.165, 1.54) is 5.56 Å². The predicted molar refractivity (Wildman–Crippen MR) is 117 cm³/mol. The van der Waals surface area contributed by atoms with Gasteiger partial charge in [0.2, 0.25) is 0 Å². The SMILES string of the molecule is CC(C)c1ccccc1N=C(C#C[Si](C)(C)C)c1c(Cl)cccc1Br. The first-order valence-electron chi connectivity index (χ1n) is 8.34. The molecule has 0 spiro atoms. The van der Waals surface area contributed by atoms with Crippen molar-refractivity contribution in [1.82, 2.24) is 0 Å². The number of halogens is 2. The first-order chi connectivity index (χ1) is 11.7. The number of hydrogen-bond acceptors (Lipinski definition) is 1. The van der Waals surface area contributed by atoms with Gasteiger partial charge in [0.15, 0.2) is 0 Å². The fourth-order valence-corrected chi connectivity index (χ4v) is 3.74. The van der Waals surface area contributed by atoms with E-state index in [0.717, 1.165) is 15.7 Å². The zero-order valence-corrected chi connectivity index (χ0v) is 18.7. The lowest BCUT2D eigenvalue weighted by Crippen LogP contribution is -2.17. The van der Waals surface area contributed by atoms with Gasteiger partial charge in [-0.3, -0.25) is 0 Å². The summed E-state index contributed by atoms with van der Waals surface area (Å²) in [4.78, 5) is 4.93. The van der Waals surface area contributed by atoms with Gasteiger partial charge in [-0.1, -0.05) is 91.2 Å². The third-order valence-electron chi connectivity index (χ3n) is 3.55. The van der Waals surface area contributed by atoms with Crippen molar-refractivity contribution >= 4 is 47.0 Å². The lowest BCUT2D eigenvalue weighted by atomic mass is 10.0. The van der Waals surface area contributed by atoms with Crippen molar-refractivity contribution in [2.75, 3.05) is 0 Å². The second kappa shape index (κ2) is 8.36. The minimum atomic E-state index is -1.54. The van der Waals surface area contributed by atoms with Gasteiger partial charge in [0, 0.05) is 10.0 Å². The average Bonchev–Trinajstić information content (AvgIpc) is 2.51. The maximum Gasteiger partial charge on any atom is 0.129 e. The van der Waals surface area contributed by atoms with Crippen LogP contribution in [-0.2, 0) is 0 Å². The van der Waals surface area contributed by atoms with Crippen molar-refractivity contribution in [1.29, 1.82) is 0 Å². The first kappa shape index (κ1) is 20.0. The molecule has 0 aliphatic carbocycles. The van der Waals surface area contributed by atoms with E-state index in [4.69, 9.17) is 16.6 Å². The zero-order valence-electron chi connectivity index (χ0n) is 15.3. The summed E-state index contributed by atoms with van der Waals surface area (Å²) in [5.74, 6) is 3.71. The molecular weight excluding hydrogens is 410 g/mol. The maximum atomic E-state index is 6.48. The Bertz CT molecular complexity index is 834. The molecule has 0 fully saturated rings. The molecule has 2 aromatic carbocycles. The van der Waals surface area contributed by atoms with E-state index in [1.807, 2.05) is 36.4 Å². The molecule has 0 bridgehead atoms. The minimum Gasteiger partial charge on any atom is -0.239 e. The molecule has 0 heterocycles. The van der Waals surface area contributed by atoms with E-state index < -0.39 is 8.07 Å². The molecule has 0 saturated carbocycles. The van der Waals surface area contributed by atoms with Crippen LogP contribution in [0.5, 0.6) is 0 Å². The van der Waals surface area contributed by atoms with E-state index >= 15 is 0 Å². The Morgan fingerprint density at radius 1 is 1.08 bits per heavy atom. The third-order valence-corrected chi connectivity index (χ3v) is 5.40. The van der Waals surface area contributed by atoms with Crippen molar-refractivity contribution in [3.63, 3.8) is 0 Å². The quantitative estimate of drug-likeness (QED) is 0.275. The van der Waals surface area contributed by atoms with Crippen LogP contribution < -0.4 is 0 Å². The van der Waals surface area contributed by atoms with Gasteiger partial charge in [0.1, 0.15) is 13.8 Å². The smallest absolute Gasteiger partial charge is 0.129 e. The van der Waals surface area contributed by atoms with Gasteiger partial charge in [0.25, 0.3) is 0 Å². The van der Waals surface area contributed by atoms with Crippen LogP contribution in [0.15, 0.2) is 51.9 Å². The second-order valence-corrected chi connectivity index (χ2v) is 13.3. The summed E-state index contributed by atoms with van der Waals surface area (Å²) in [6.45, 7) is 11.0. The zero-order chi connectivity index (χ0) is 18.6. The highest BCUT2D eigenvalue weighted by atomic mass is 79.9. The molecule has 0 N–H and O–H groups in total. The van der Waals surface area contributed by atoms with Crippen LogP contribution in [0.2, 0.25) is 24.7 Å². The lowest BCUT2D eigenvalue weighted by Gasteiger charge is -2.12. The molecule has 0 radical (unpaired) electrons. The highest BCUT2D eigenvalue weighted by Crippen LogP contribution is 2.30. The number of para-hydroxylation sites is 1. The highest BCUT2D eigenvalue weighted by Gasteiger charge is 2.14. The Labute approximate surface area is 165 Å². The van der Waals surface area contributed by atoms with Crippen LogP contribution in [0.4, 0.5) is 5.69 Å². The summed E-state index contributed by atoms with van der Waals surface area (Å²) < 4.78 is 0.908. The maximum absolute atomic E-state index is 6.48. The fourth-order valence-electron chi connectivity index (χ4n) is 2.32. The minimum absolute atomic E-state index is 0.390. The molecule has 0 aromatic heterocycles. The summed E-state index contributed by atoms with van der Waals surface area (Å²) in [6.07, 6.45) is 0. The summed E-state index contributed by atoms with van der Waals surface area (Å²) >= 11 is 10.1. The van der Waals surface area contributed by atoms with Gasteiger partial charge in [-0.25, -0.2) is 4.99 Å². The average molecular weight is 433 g/mol. The van der Waals surface area contributed by atoms with Gasteiger partial charge >= 0.3 is 0 Å². The Kier molecular flexibility index (Phi) is 6.68. The molecule has 1 nitrogen and oxygen atoms in total. The van der Waals surface area contributed by atoms with Gasteiger partial charge in [-0.2, -0.15) is 0 Å². The molecule has 0 atom stereocenters. The number of nitrogens with zero attached hydrogens (tertiary/aromatic N) is 1. The van der Waals surface area contributed by atoms with Crippen LogP contribution in [0.25, 0.3) is 0 Å². The Morgan fingerprint density at radius 2 is 1.76 bits per heavy atom. The Morgan fingerprint density at radius 3 is 2.36 bits per heavy atom. The van der Waals surface area contributed by atoms with Gasteiger partial charge in [0.05, 0.1) is 10.7 Å². The lowest BCUT2D eigenvalue weighted by molar-refractivity contribution is 0.867. The summed E-state index contributed by atoms with van der Waals surface area (Å²) in [5, 5.41) is 0.653. The fraction of sp³-hybridized carbons (Fsp3) is 0.286. The third kappa shape index (κ3) is 5.57. The van der Waals surface area contributed by atoms with E-state index in [9.17, 15) is 0 Å². The molecular formula is C21H23BrClNSi. The van der Waals surface area contributed by atoms with Crippen LogP contribution in [0, 0.1) is 11.5 Å². The van der Waals surface area contributed by atoms with Gasteiger partial charge in [-0.15, -0.1) is 5.54 Å². The van der Waals surface area contributed by atoms with E-state index in [2.05, 4.69) is 66.9 Å². The molecule has 0 amide bonds. The van der Waals surface area contributed by atoms with E-state index in [1.54, 1.807) is 0 Å². The van der Waals surface area contributed by atoms with Gasteiger partial charge in [-0.05, 0) is 29.7 Å². The number of rotatable bonds is 3. The Balaban J connectivity index is 2.70. The number of aliphatic imine (C=N–C) groups is 1. The summed E-state index contributed by atoms with van der Waals surface area (Å²) in [5.41, 5.74) is 7.15. The Hall–Kier alpha value is -1.34. The van der Waals surface area contributed by atoms with Crippen LogP contribution in [-0.4, -0.2) is 13.8 Å². The number of hydrogen-bond donors (Lipinski definition) is 0. The van der Waals surface area contributed by atoms with Crippen LogP contribution in [0.1, 0.15) is 30.9 Å². The molecule has 4 heteroatoms. The molecule has 0 saturated heterocycles. The van der Waals surface area contributed by atoms with Crippen molar-refractivity contribution < 1.29 is 0 Å².